The van der Waals surface area contributed by atoms with Gasteiger partial charge >= 0.3 is 0 Å². The van der Waals surface area contributed by atoms with Crippen molar-refractivity contribution in [3.05, 3.63) is 65.7 Å². The summed E-state index contributed by atoms with van der Waals surface area (Å²) in [5.41, 5.74) is 2.84. The summed E-state index contributed by atoms with van der Waals surface area (Å²) in [7, 11) is 0. The van der Waals surface area contributed by atoms with Crippen LogP contribution in [0.4, 0.5) is 0 Å². The van der Waals surface area contributed by atoms with Gasteiger partial charge in [-0.05, 0) is 35.6 Å². The fraction of sp³-hybridized carbons (Fsp3) is 0.400. The molecule has 2 aliphatic rings. The van der Waals surface area contributed by atoms with E-state index in [1.165, 1.54) is 16.0 Å². The zero-order valence-corrected chi connectivity index (χ0v) is 14.9. The molecule has 2 aromatic rings. The Bertz CT molecular complexity index is 672. The number of morpholine rings is 1. The Kier molecular flexibility index (Phi) is 4.90. The lowest BCUT2D eigenvalue weighted by atomic mass is 10.0. The number of nitrogens with zero attached hydrogens (tertiary/aromatic N) is 2. The zero-order valence-electron chi connectivity index (χ0n) is 14.1. The molecule has 1 fully saturated rings. The van der Waals surface area contributed by atoms with Crippen molar-refractivity contribution >= 4 is 11.9 Å². The molecule has 0 aliphatic carbocycles. The second kappa shape index (κ2) is 7.28. The van der Waals surface area contributed by atoms with Gasteiger partial charge in [0.2, 0.25) is 0 Å². The van der Waals surface area contributed by atoms with Gasteiger partial charge in [0.05, 0.1) is 13.2 Å². The van der Waals surface area contributed by atoms with Crippen LogP contribution in [-0.4, -0.2) is 35.5 Å². The minimum atomic E-state index is 0.334. The minimum Gasteiger partial charge on any atom is -0.379 e. The van der Waals surface area contributed by atoms with E-state index >= 15 is 0 Å². The second-order valence-electron chi connectivity index (χ2n) is 6.35. The molecule has 0 aromatic heterocycles. The maximum absolute atomic E-state index is 5.59. The van der Waals surface area contributed by atoms with Crippen LogP contribution in [0.1, 0.15) is 36.7 Å². The van der Waals surface area contributed by atoms with E-state index in [2.05, 4.69) is 70.7 Å². The van der Waals surface area contributed by atoms with E-state index in [-0.39, 0.29) is 0 Å². The van der Waals surface area contributed by atoms with Gasteiger partial charge in [-0.25, -0.2) is 4.31 Å². The molecule has 0 bridgehead atoms. The molecule has 0 amide bonds. The van der Waals surface area contributed by atoms with Gasteiger partial charge in [-0.1, -0.05) is 55.5 Å². The SMILES string of the molecule is CCC(c1ccccc1)N1Sc2ccccc2C1N1CCOCC1. The molecular formula is C20H24N2OS. The topological polar surface area (TPSA) is 15.7 Å². The fourth-order valence-corrected chi connectivity index (χ4v) is 5.12. The van der Waals surface area contributed by atoms with Gasteiger partial charge in [0.15, 0.2) is 0 Å². The van der Waals surface area contributed by atoms with E-state index in [1.807, 2.05) is 11.9 Å². The van der Waals surface area contributed by atoms with Crippen molar-refractivity contribution in [3.8, 4) is 0 Å². The van der Waals surface area contributed by atoms with Crippen molar-refractivity contribution in [3.63, 3.8) is 0 Å². The molecule has 4 rings (SSSR count). The van der Waals surface area contributed by atoms with Crippen LogP contribution in [0.5, 0.6) is 0 Å². The average Bonchev–Trinajstić information content (AvgIpc) is 3.03. The highest BCUT2D eigenvalue weighted by molar-refractivity contribution is 7.97. The minimum absolute atomic E-state index is 0.334. The van der Waals surface area contributed by atoms with Crippen LogP contribution >= 0.6 is 11.9 Å². The largest absolute Gasteiger partial charge is 0.379 e. The number of hydrogen-bond donors (Lipinski definition) is 0. The van der Waals surface area contributed by atoms with Crippen molar-refractivity contribution in [2.75, 3.05) is 26.3 Å². The first-order valence-corrected chi connectivity index (χ1v) is 9.58. The third-order valence-corrected chi connectivity index (χ3v) is 6.15. The van der Waals surface area contributed by atoms with Crippen LogP contribution < -0.4 is 0 Å². The highest BCUT2D eigenvalue weighted by atomic mass is 32.2. The molecular weight excluding hydrogens is 316 g/mol. The van der Waals surface area contributed by atoms with E-state index in [1.54, 1.807) is 0 Å². The van der Waals surface area contributed by atoms with Gasteiger partial charge in [0, 0.05) is 24.0 Å². The van der Waals surface area contributed by atoms with E-state index in [4.69, 9.17) is 4.74 Å². The van der Waals surface area contributed by atoms with Gasteiger partial charge in [-0.2, -0.15) is 0 Å². The second-order valence-corrected chi connectivity index (χ2v) is 7.39. The lowest BCUT2D eigenvalue weighted by Crippen LogP contribution is -2.44. The Morgan fingerprint density at radius 1 is 1.04 bits per heavy atom. The van der Waals surface area contributed by atoms with Crippen LogP contribution in [-0.2, 0) is 4.74 Å². The number of benzene rings is 2. The van der Waals surface area contributed by atoms with Crippen LogP contribution in [0.15, 0.2) is 59.5 Å². The molecule has 2 aromatic carbocycles. The van der Waals surface area contributed by atoms with Gasteiger partial charge in [0.25, 0.3) is 0 Å². The zero-order chi connectivity index (χ0) is 16.4. The van der Waals surface area contributed by atoms with Gasteiger partial charge < -0.3 is 4.74 Å². The number of fused-ring (bicyclic) bond motifs is 1. The smallest absolute Gasteiger partial charge is 0.100 e. The molecule has 0 N–H and O–H groups in total. The first-order chi connectivity index (χ1) is 11.9. The first kappa shape index (κ1) is 16.2. The normalized spacial score (nSPS) is 23.1. The molecule has 0 radical (unpaired) electrons. The Balaban J connectivity index is 1.70. The summed E-state index contributed by atoms with van der Waals surface area (Å²) in [5, 5.41) is 0. The Morgan fingerprint density at radius 2 is 1.75 bits per heavy atom. The van der Waals surface area contributed by atoms with Crippen molar-refractivity contribution in [2.24, 2.45) is 0 Å². The summed E-state index contributed by atoms with van der Waals surface area (Å²) >= 11 is 1.92. The summed E-state index contributed by atoms with van der Waals surface area (Å²) in [5.74, 6) is 0. The van der Waals surface area contributed by atoms with E-state index in [0.29, 0.717) is 12.2 Å². The molecule has 2 unspecified atom stereocenters. The van der Waals surface area contributed by atoms with Crippen molar-refractivity contribution in [2.45, 2.75) is 30.4 Å². The molecule has 1 saturated heterocycles. The predicted octanol–water partition coefficient (Wildman–Crippen LogP) is 4.49. The Morgan fingerprint density at radius 3 is 2.50 bits per heavy atom. The predicted molar refractivity (Wildman–Crippen MR) is 98.7 cm³/mol. The molecule has 2 aliphatic heterocycles. The molecule has 4 heteroatoms. The lowest BCUT2D eigenvalue weighted by molar-refractivity contribution is -0.0163. The van der Waals surface area contributed by atoms with E-state index < -0.39 is 0 Å². The number of rotatable bonds is 4. The van der Waals surface area contributed by atoms with Crippen LogP contribution in [0.3, 0.4) is 0 Å². The third-order valence-electron chi connectivity index (χ3n) is 4.91. The van der Waals surface area contributed by atoms with Gasteiger partial charge in [0.1, 0.15) is 6.17 Å². The molecule has 3 nitrogen and oxygen atoms in total. The summed E-state index contributed by atoms with van der Waals surface area (Å²) in [4.78, 5) is 3.97. The van der Waals surface area contributed by atoms with Crippen LogP contribution in [0, 0.1) is 0 Å². The van der Waals surface area contributed by atoms with Crippen LogP contribution in [0.25, 0.3) is 0 Å². The molecule has 2 heterocycles. The molecule has 126 valence electrons. The van der Waals surface area contributed by atoms with Gasteiger partial charge in [-0.3, -0.25) is 4.90 Å². The van der Waals surface area contributed by atoms with Crippen LogP contribution in [0.2, 0.25) is 0 Å². The summed E-state index contributed by atoms with van der Waals surface area (Å²) in [6, 6.07) is 20.2. The maximum Gasteiger partial charge on any atom is 0.100 e. The fourth-order valence-electron chi connectivity index (χ4n) is 3.73. The van der Waals surface area contributed by atoms with Gasteiger partial charge in [-0.15, -0.1) is 0 Å². The highest BCUT2D eigenvalue weighted by Crippen LogP contribution is 2.51. The Hall–Kier alpha value is -1.33. The summed E-state index contributed by atoms with van der Waals surface area (Å²) in [6.07, 6.45) is 1.44. The average molecular weight is 340 g/mol. The number of hydrogen-bond acceptors (Lipinski definition) is 4. The standard InChI is InChI=1S/C20H24N2OS/c1-2-18(16-8-4-3-5-9-16)22-20(21-12-14-23-15-13-21)17-10-6-7-11-19(17)24-22/h3-11,18,20H,2,12-15H2,1H3. The lowest BCUT2D eigenvalue weighted by Gasteiger charge is -2.40. The van der Waals surface area contributed by atoms with Crippen molar-refractivity contribution in [1.82, 2.24) is 9.21 Å². The van der Waals surface area contributed by atoms with E-state index in [9.17, 15) is 0 Å². The van der Waals surface area contributed by atoms with Crippen molar-refractivity contribution in [1.29, 1.82) is 0 Å². The molecule has 0 spiro atoms. The highest BCUT2D eigenvalue weighted by Gasteiger charge is 2.39. The van der Waals surface area contributed by atoms with E-state index in [0.717, 1.165) is 32.7 Å². The monoisotopic (exact) mass is 340 g/mol. The number of ether oxygens (including phenoxy) is 1. The molecule has 2 atom stereocenters. The maximum atomic E-state index is 5.59. The summed E-state index contributed by atoms with van der Waals surface area (Å²) < 4.78 is 8.19. The summed E-state index contributed by atoms with van der Waals surface area (Å²) in [6.45, 7) is 5.96. The van der Waals surface area contributed by atoms with Crippen molar-refractivity contribution < 1.29 is 4.74 Å². The third kappa shape index (κ3) is 3.00. The molecule has 24 heavy (non-hydrogen) atoms. The quantitative estimate of drug-likeness (QED) is 0.762. The molecule has 0 saturated carbocycles. The first-order valence-electron chi connectivity index (χ1n) is 8.80. The Labute approximate surface area is 148 Å².